The number of hydrogen-bond acceptors (Lipinski definition) is 2. The summed E-state index contributed by atoms with van der Waals surface area (Å²) >= 11 is 0. The molecule has 0 N–H and O–H groups in total. The topological polar surface area (TPSA) is 25.8 Å². The lowest BCUT2D eigenvalue weighted by Crippen LogP contribution is -1.84. The second-order valence-corrected chi connectivity index (χ2v) is 1.87. The Morgan fingerprint density at radius 3 is 1.75 bits per heavy atom. The Morgan fingerprint density at radius 1 is 1.00 bits per heavy atom. The van der Waals surface area contributed by atoms with Gasteiger partial charge in [-0.25, -0.2) is 0 Å². The zero-order valence-electron chi connectivity index (χ0n) is 9.05. The van der Waals surface area contributed by atoms with Crippen LogP contribution in [0.25, 0.3) is 0 Å². The quantitative estimate of drug-likeness (QED) is 0.594. The summed E-state index contributed by atoms with van der Waals surface area (Å²) < 4.78 is 0. The molecular formula is C10H20N2. The van der Waals surface area contributed by atoms with Crippen LogP contribution in [0.15, 0.2) is 12.3 Å². The van der Waals surface area contributed by atoms with Gasteiger partial charge in [0.15, 0.2) is 0 Å². The van der Waals surface area contributed by atoms with Crippen LogP contribution >= 0.6 is 0 Å². The number of aromatic nitrogens is 2. The molecule has 0 radical (unpaired) electrons. The molecule has 1 aromatic heterocycles. The highest BCUT2D eigenvalue weighted by Crippen LogP contribution is 1.93. The fourth-order valence-corrected chi connectivity index (χ4v) is 0.607. The minimum atomic E-state index is 0.977. The van der Waals surface area contributed by atoms with E-state index in [-0.39, 0.29) is 0 Å². The average molecular weight is 168 g/mol. The monoisotopic (exact) mass is 168 g/mol. The van der Waals surface area contributed by atoms with Crippen LogP contribution in [0, 0.1) is 13.8 Å². The van der Waals surface area contributed by atoms with Crippen molar-refractivity contribution in [1.29, 1.82) is 0 Å². The zero-order chi connectivity index (χ0) is 9.98. The highest BCUT2D eigenvalue weighted by molar-refractivity contribution is 5.08. The van der Waals surface area contributed by atoms with E-state index in [9.17, 15) is 0 Å². The fourth-order valence-electron chi connectivity index (χ4n) is 0.607. The van der Waals surface area contributed by atoms with Gasteiger partial charge in [-0.15, -0.1) is 0 Å². The number of aryl methyl sites for hydroxylation is 2. The maximum Gasteiger partial charge on any atom is 0.0602 e. The number of rotatable bonds is 0. The van der Waals surface area contributed by atoms with Crippen molar-refractivity contribution in [2.45, 2.75) is 41.5 Å². The molecule has 0 aliphatic carbocycles. The van der Waals surface area contributed by atoms with Gasteiger partial charge in [-0.2, -0.15) is 10.2 Å². The first-order valence-corrected chi connectivity index (χ1v) is 4.55. The van der Waals surface area contributed by atoms with Crippen LogP contribution in [0.4, 0.5) is 0 Å². The molecule has 1 heterocycles. The highest BCUT2D eigenvalue weighted by atomic mass is 15.1. The largest absolute Gasteiger partial charge is 0.159 e. The predicted octanol–water partition coefficient (Wildman–Crippen LogP) is 3.15. The zero-order valence-corrected chi connectivity index (χ0v) is 9.05. The summed E-state index contributed by atoms with van der Waals surface area (Å²) in [5.74, 6) is 0. The summed E-state index contributed by atoms with van der Waals surface area (Å²) in [6.45, 7) is 11.9. The molecule has 0 aliphatic rings. The van der Waals surface area contributed by atoms with Gasteiger partial charge >= 0.3 is 0 Å². The van der Waals surface area contributed by atoms with E-state index >= 15 is 0 Å². The van der Waals surface area contributed by atoms with Crippen molar-refractivity contribution < 1.29 is 0 Å². The van der Waals surface area contributed by atoms with Crippen LogP contribution in [0.2, 0.25) is 0 Å². The van der Waals surface area contributed by atoms with Gasteiger partial charge in [0.1, 0.15) is 0 Å². The summed E-state index contributed by atoms with van der Waals surface area (Å²) in [5.41, 5.74) is 2.14. The lowest BCUT2D eigenvalue weighted by Gasteiger charge is -1.88. The van der Waals surface area contributed by atoms with Gasteiger partial charge in [-0.05, 0) is 25.5 Å². The van der Waals surface area contributed by atoms with Gasteiger partial charge in [0.2, 0.25) is 0 Å². The summed E-state index contributed by atoms with van der Waals surface area (Å²) in [7, 11) is 0. The smallest absolute Gasteiger partial charge is 0.0602 e. The Balaban J connectivity index is 0. The summed E-state index contributed by atoms with van der Waals surface area (Å²) in [6.07, 6.45) is 1.74. The van der Waals surface area contributed by atoms with E-state index in [0.717, 1.165) is 11.3 Å². The minimum Gasteiger partial charge on any atom is -0.159 e. The fraction of sp³-hybridized carbons (Fsp3) is 0.600. The normalized spacial score (nSPS) is 7.17. The first-order valence-electron chi connectivity index (χ1n) is 4.55. The molecule has 0 aromatic carbocycles. The first kappa shape index (κ1) is 13.7. The lowest BCUT2D eigenvalue weighted by atomic mass is 10.3. The van der Waals surface area contributed by atoms with Crippen LogP contribution in [0.1, 0.15) is 39.0 Å². The van der Waals surface area contributed by atoms with Crippen LogP contribution in [-0.2, 0) is 0 Å². The van der Waals surface area contributed by atoms with E-state index in [4.69, 9.17) is 0 Å². The molecule has 70 valence electrons. The summed E-state index contributed by atoms with van der Waals surface area (Å²) in [4.78, 5) is 0. The standard InChI is InChI=1S/C6H8N2.2C2H6/c1-5-3-6(2)8-7-4-5;2*1-2/h3-4H,1-2H3;2*1-2H3. The van der Waals surface area contributed by atoms with Crippen LogP contribution in [0.5, 0.6) is 0 Å². The number of nitrogens with zero attached hydrogens (tertiary/aromatic N) is 2. The second kappa shape index (κ2) is 10.1. The van der Waals surface area contributed by atoms with Crippen LogP contribution < -0.4 is 0 Å². The molecule has 0 fully saturated rings. The molecule has 0 saturated carbocycles. The first-order chi connectivity index (χ1) is 5.79. The van der Waals surface area contributed by atoms with Gasteiger partial charge in [-0.1, -0.05) is 27.7 Å². The van der Waals surface area contributed by atoms with Crippen molar-refractivity contribution >= 4 is 0 Å². The second-order valence-electron chi connectivity index (χ2n) is 1.87. The van der Waals surface area contributed by atoms with Crippen molar-refractivity contribution in [1.82, 2.24) is 10.2 Å². The van der Waals surface area contributed by atoms with Gasteiger partial charge in [0.25, 0.3) is 0 Å². The van der Waals surface area contributed by atoms with Crippen LogP contribution in [-0.4, -0.2) is 10.2 Å². The van der Waals surface area contributed by atoms with Gasteiger partial charge in [0, 0.05) is 0 Å². The Labute approximate surface area is 76.0 Å². The van der Waals surface area contributed by atoms with Crippen molar-refractivity contribution in [2.75, 3.05) is 0 Å². The van der Waals surface area contributed by atoms with Gasteiger partial charge in [-0.3, -0.25) is 0 Å². The SMILES string of the molecule is CC.CC.Cc1cnnc(C)c1. The Bertz CT molecular complexity index is 168. The molecule has 2 heteroatoms. The Kier molecular flexibility index (Phi) is 11.5. The molecule has 12 heavy (non-hydrogen) atoms. The molecule has 0 amide bonds. The van der Waals surface area contributed by atoms with E-state index in [1.165, 1.54) is 0 Å². The molecule has 1 aromatic rings. The Hall–Kier alpha value is -0.920. The van der Waals surface area contributed by atoms with Crippen molar-refractivity contribution in [3.63, 3.8) is 0 Å². The van der Waals surface area contributed by atoms with E-state index in [0.29, 0.717) is 0 Å². The molecule has 0 spiro atoms. The molecule has 1 rings (SSSR count). The highest BCUT2D eigenvalue weighted by Gasteiger charge is 1.83. The minimum absolute atomic E-state index is 0.977. The van der Waals surface area contributed by atoms with Crippen molar-refractivity contribution in [2.24, 2.45) is 0 Å². The maximum atomic E-state index is 3.79. The molecule has 0 unspecified atom stereocenters. The summed E-state index contributed by atoms with van der Waals surface area (Å²) in [5, 5.41) is 7.52. The molecule has 0 saturated heterocycles. The third kappa shape index (κ3) is 7.19. The van der Waals surface area contributed by atoms with E-state index in [1.807, 2.05) is 47.6 Å². The van der Waals surface area contributed by atoms with Gasteiger partial charge < -0.3 is 0 Å². The van der Waals surface area contributed by atoms with E-state index in [1.54, 1.807) is 6.20 Å². The molecular weight excluding hydrogens is 148 g/mol. The Morgan fingerprint density at radius 2 is 1.50 bits per heavy atom. The predicted molar refractivity (Wildman–Crippen MR) is 54.2 cm³/mol. The lowest BCUT2D eigenvalue weighted by molar-refractivity contribution is 0.966. The molecule has 0 bridgehead atoms. The van der Waals surface area contributed by atoms with E-state index < -0.39 is 0 Å². The summed E-state index contributed by atoms with van der Waals surface area (Å²) in [6, 6.07) is 1.99. The van der Waals surface area contributed by atoms with Crippen molar-refractivity contribution in [3.05, 3.63) is 23.5 Å². The molecule has 2 nitrogen and oxygen atoms in total. The number of hydrogen-bond donors (Lipinski definition) is 0. The third-order valence-corrected chi connectivity index (χ3v) is 0.913. The maximum absolute atomic E-state index is 3.79. The average Bonchev–Trinajstić information content (AvgIpc) is 2.11. The van der Waals surface area contributed by atoms with Crippen LogP contribution in [0.3, 0.4) is 0 Å². The molecule has 0 atom stereocenters. The third-order valence-electron chi connectivity index (χ3n) is 0.913. The molecule has 0 aliphatic heterocycles. The van der Waals surface area contributed by atoms with E-state index in [2.05, 4.69) is 10.2 Å². The van der Waals surface area contributed by atoms with Crippen molar-refractivity contribution in [3.8, 4) is 0 Å². The van der Waals surface area contributed by atoms with Gasteiger partial charge in [0.05, 0.1) is 11.9 Å².